The second kappa shape index (κ2) is 5.91. The molecule has 0 radical (unpaired) electrons. The molecule has 0 bridgehead atoms. The summed E-state index contributed by atoms with van der Waals surface area (Å²) in [7, 11) is 0. The average Bonchev–Trinajstić information content (AvgIpc) is 2.41. The molecule has 0 aliphatic rings. The van der Waals surface area contributed by atoms with E-state index < -0.39 is 0 Å². The van der Waals surface area contributed by atoms with Gasteiger partial charge in [0.15, 0.2) is 0 Å². The van der Waals surface area contributed by atoms with E-state index in [9.17, 15) is 4.79 Å². The third-order valence-corrected chi connectivity index (χ3v) is 3.76. The topological polar surface area (TPSA) is 32.3 Å². The van der Waals surface area contributed by atoms with Crippen molar-refractivity contribution in [1.29, 1.82) is 0 Å². The molecule has 0 saturated carbocycles. The third-order valence-electron chi connectivity index (χ3n) is 2.92. The molecule has 0 aliphatic carbocycles. The van der Waals surface area contributed by atoms with Crippen molar-refractivity contribution < 1.29 is 4.79 Å². The van der Waals surface area contributed by atoms with Gasteiger partial charge in [-0.3, -0.25) is 0 Å². The van der Waals surface area contributed by atoms with E-state index in [0.29, 0.717) is 0 Å². The van der Waals surface area contributed by atoms with E-state index in [1.54, 1.807) is 3.92 Å². The van der Waals surface area contributed by atoms with Gasteiger partial charge in [0, 0.05) is 0 Å². The number of anilines is 2. The monoisotopic (exact) mass is 320 g/mol. The molecule has 1 N–H and O–H groups in total. The van der Waals surface area contributed by atoms with E-state index >= 15 is 0 Å². The van der Waals surface area contributed by atoms with Crippen LogP contribution in [-0.2, 0) is 0 Å². The molecular weight excluding hydrogens is 303 g/mol. The van der Waals surface area contributed by atoms with E-state index in [1.807, 2.05) is 62.4 Å². The van der Waals surface area contributed by atoms with Crippen LogP contribution in [0.25, 0.3) is 0 Å². The number of para-hydroxylation sites is 2. The standard InChI is InChI=1S/C15H16N2OSe/c1-11-7-3-5-9-13(11)16-15(18)17(19)14-10-6-4-8-12(14)2/h3-10,19H,1-2H3,(H,16,18). The Balaban J connectivity index is 2.17. The molecule has 0 spiro atoms. The maximum atomic E-state index is 12.2. The van der Waals surface area contributed by atoms with Crippen LogP contribution in [0.15, 0.2) is 48.5 Å². The minimum atomic E-state index is -0.163. The number of nitrogens with zero attached hydrogens (tertiary/aromatic N) is 1. The summed E-state index contributed by atoms with van der Waals surface area (Å²) in [6.45, 7) is 3.95. The second-order valence-corrected chi connectivity index (χ2v) is 5.18. The molecule has 0 heterocycles. The molecular formula is C15H16N2OSe. The summed E-state index contributed by atoms with van der Waals surface area (Å²) < 4.78 is 1.56. The molecule has 2 aromatic carbocycles. The Bertz CT molecular complexity index is 598. The fourth-order valence-corrected chi connectivity index (χ4v) is 2.37. The van der Waals surface area contributed by atoms with Crippen molar-refractivity contribution in [2.75, 3.05) is 9.23 Å². The van der Waals surface area contributed by atoms with Gasteiger partial charge in [-0.2, -0.15) is 0 Å². The van der Waals surface area contributed by atoms with Crippen molar-refractivity contribution in [3.05, 3.63) is 59.7 Å². The van der Waals surface area contributed by atoms with E-state index in [1.165, 1.54) is 0 Å². The number of aryl methyl sites for hydroxylation is 2. The molecule has 0 saturated heterocycles. The SMILES string of the molecule is Cc1ccccc1NC(=O)N([SeH])c1ccccc1C. The molecule has 3 nitrogen and oxygen atoms in total. The Morgan fingerprint density at radius 3 is 2.21 bits per heavy atom. The molecule has 98 valence electrons. The summed E-state index contributed by atoms with van der Waals surface area (Å²) in [5.41, 5.74) is 3.82. The second-order valence-electron chi connectivity index (χ2n) is 4.34. The molecule has 0 unspecified atom stereocenters. The summed E-state index contributed by atoms with van der Waals surface area (Å²) in [6.07, 6.45) is 0. The number of benzene rings is 2. The minimum absolute atomic E-state index is 0.163. The maximum absolute atomic E-state index is 12.2. The first kappa shape index (κ1) is 13.7. The Kier molecular flexibility index (Phi) is 4.25. The van der Waals surface area contributed by atoms with Crippen LogP contribution in [0.4, 0.5) is 16.2 Å². The molecule has 4 heteroatoms. The molecule has 0 atom stereocenters. The van der Waals surface area contributed by atoms with Gasteiger partial charge in [0.25, 0.3) is 0 Å². The van der Waals surface area contributed by atoms with Crippen LogP contribution in [0.1, 0.15) is 11.1 Å². The summed E-state index contributed by atoms with van der Waals surface area (Å²) in [5, 5.41) is 2.91. The molecule has 0 fully saturated rings. The van der Waals surface area contributed by atoms with Gasteiger partial charge < -0.3 is 0 Å². The number of urea groups is 1. The van der Waals surface area contributed by atoms with E-state index in [-0.39, 0.29) is 6.03 Å². The van der Waals surface area contributed by atoms with E-state index in [2.05, 4.69) is 21.5 Å². The van der Waals surface area contributed by atoms with Crippen molar-refractivity contribution in [2.24, 2.45) is 0 Å². The van der Waals surface area contributed by atoms with Gasteiger partial charge in [0.1, 0.15) is 0 Å². The van der Waals surface area contributed by atoms with Gasteiger partial charge in [-0.05, 0) is 0 Å². The van der Waals surface area contributed by atoms with Crippen molar-refractivity contribution in [3.8, 4) is 0 Å². The number of hydrogen-bond acceptors (Lipinski definition) is 1. The van der Waals surface area contributed by atoms with Crippen LogP contribution in [0.3, 0.4) is 0 Å². The first-order valence-electron chi connectivity index (χ1n) is 6.01. The van der Waals surface area contributed by atoms with Crippen LogP contribution < -0.4 is 9.23 Å². The van der Waals surface area contributed by atoms with Crippen molar-refractivity contribution in [1.82, 2.24) is 0 Å². The average molecular weight is 319 g/mol. The Labute approximate surface area is 121 Å². The molecule has 2 aromatic rings. The number of carbonyl (C=O) groups excluding carboxylic acids is 1. The van der Waals surface area contributed by atoms with Gasteiger partial charge >= 0.3 is 121 Å². The number of hydrogen-bond donors (Lipinski definition) is 1. The van der Waals surface area contributed by atoms with Gasteiger partial charge in [-0.25, -0.2) is 0 Å². The Morgan fingerprint density at radius 1 is 1.00 bits per heavy atom. The molecule has 19 heavy (non-hydrogen) atoms. The van der Waals surface area contributed by atoms with E-state index in [0.717, 1.165) is 22.5 Å². The first-order valence-corrected chi connectivity index (χ1v) is 6.85. The summed E-state index contributed by atoms with van der Waals surface area (Å²) >= 11 is 2.28. The van der Waals surface area contributed by atoms with Crippen LogP contribution in [0, 0.1) is 13.8 Å². The number of nitrogens with one attached hydrogen (secondary N) is 1. The number of amides is 2. The summed E-state index contributed by atoms with van der Waals surface area (Å²) in [4.78, 5) is 12.2. The van der Waals surface area contributed by atoms with Crippen molar-refractivity contribution in [2.45, 2.75) is 13.8 Å². The van der Waals surface area contributed by atoms with Crippen molar-refractivity contribution >= 4 is 33.6 Å². The van der Waals surface area contributed by atoms with Crippen LogP contribution in [-0.4, -0.2) is 22.3 Å². The van der Waals surface area contributed by atoms with Crippen LogP contribution >= 0.6 is 0 Å². The predicted octanol–water partition coefficient (Wildman–Crippen LogP) is 3.16. The number of rotatable bonds is 2. The van der Waals surface area contributed by atoms with Gasteiger partial charge in [-0.1, -0.05) is 0 Å². The van der Waals surface area contributed by atoms with Gasteiger partial charge in [0.05, 0.1) is 0 Å². The zero-order valence-corrected chi connectivity index (χ0v) is 12.8. The van der Waals surface area contributed by atoms with E-state index in [4.69, 9.17) is 0 Å². The van der Waals surface area contributed by atoms with Crippen molar-refractivity contribution in [3.63, 3.8) is 0 Å². The molecule has 0 aliphatic heterocycles. The quantitative estimate of drug-likeness (QED) is 0.847. The Morgan fingerprint density at radius 2 is 1.58 bits per heavy atom. The van der Waals surface area contributed by atoms with Gasteiger partial charge in [-0.15, -0.1) is 0 Å². The fraction of sp³-hybridized carbons (Fsp3) is 0.133. The summed E-state index contributed by atoms with van der Waals surface area (Å²) in [6, 6.07) is 15.3. The predicted molar refractivity (Wildman–Crippen MR) is 81.0 cm³/mol. The Hall–Kier alpha value is -1.77. The number of carbonyl (C=O) groups is 1. The van der Waals surface area contributed by atoms with Crippen LogP contribution in [0.2, 0.25) is 0 Å². The molecule has 2 rings (SSSR count). The normalized spacial score (nSPS) is 10.1. The zero-order chi connectivity index (χ0) is 13.8. The van der Waals surface area contributed by atoms with Crippen LogP contribution in [0.5, 0.6) is 0 Å². The zero-order valence-electron chi connectivity index (χ0n) is 10.9. The fourth-order valence-electron chi connectivity index (χ4n) is 1.79. The van der Waals surface area contributed by atoms with Gasteiger partial charge in [0.2, 0.25) is 0 Å². The summed E-state index contributed by atoms with van der Waals surface area (Å²) in [5.74, 6) is 0. The third kappa shape index (κ3) is 3.16. The molecule has 0 aromatic heterocycles. The first-order chi connectivity index (χ1) is 9.09. The molecule has 2 amide bonds.